The van der Waals surface area contributed by atoms with Gasteiger partial charge >= 0.3 is 0 Å². The van der Waals surface area contributed by atoms with Crippen LogP contribution in [0.15, 0.2) is 75.2 Å². The Balaban J connectivity index is 1.74. The summed E-state index contributed by atoms with van der Waals surface area (Å²) in [5.41, 5.74) is 1.04. The van der Waals surface area contributed by atoms with Crippen molar-refractivity contribution in [2.45, 2.75) is 37.1 Å². The van der Waals surface area contributed by atoms with Crippen molar-refractivity contribution in [2.24, 2.45) is 4.99 Å². The number of halogens is 1. The molecular weight excluding hydrogens is 497 g/mol. The lowest BCUT2D eigenvalue weighted by Crippen LogP contribution is -2.30. The highest BCUT2D eigenvalue weighted by Crippen LogP contribution is 2.24. The number of sulfone groups is 1. The number of rotatable bonds is 10. The molecule has 2 aromatic carbocycles. The smallest absolute Gasteiger partial charge is 0.253 e. The maximum atomic E-state index is 14.3. The van der Waals surface area contributed by atoms with Crippen molar-refractivity contribution >= 4 is 40.5 Å². The lowest BCUT2D eigenvalue weighted by atomic mass is 10.2. The summed E-state index contributed by atoms with van der Waals surface area (Å²) in [7, 11) is -4.08. The molecule has 3 rings (SSSR count). The van der Waals surface area contributed by atoms with Gasteiger partial charge in [0.2, 0.25) is 21.7 Å². The zero-order valence-corrected chi connectivity index (χ0v) is 21.6. The molecule has 194 valence electrons. The average molecular weight is 526 g/mol. The van der Waals surface area contributed by atoms with E-state index < -0.39 is 21.6 Å². The largest absolute Gasteiger partial charge is 0.348 e. The first kappa shape index (κ1) is 27.5. The Morgan fingerprint density at radius 1 is 1.14 bits per heavy atom. The van der Waals surface area contributed by atoms with E-state index in [9.17, 15) is 22.4 Å². The summed E-state index contributed by atoms with van der Waals surface area (Å²) in [4.78, 5) is 33.9. The van der Waals surface area contributed by atoms with Crippen molar-refractivity contribution in [2.75, 3.05) is 13.1 Å². The van der Waals surface area contributed by atoms with Gasteiger partial charge in [0.1, 0.15) is 5.82 Å². The van der Waals surface area contributed by atoms with Crippen LogP contribution in [-0.2, 0) is 21.2 Å². The molecule has 37 heavy (non-hydrogen) atoms. The van der Waals surface area contributed by atoms with Crippen LogP contribution in [0.3, 0.4) is 0 Å². The fourth-order valence-corrected chi connectivity index (χ4v) is 4.89. The molecule has 9 nitrogen and oxygen atoms in total. The van der Waals surface area contributed by atoms with Crippen molar-refractivity contribution in [3.8, 4) is 0 Å². The van der Waals surface area contributed by atoms with Crippen LogP contribution in [0.2, 0.25) is 0 Å². The van der Waals surface area contributed by atoms with Crippen LogP contribution >= 0.6 is 0 Å². The van der Waals surface area contributed by atoms with E-state index in [1.54, 1.807) is 49.9 Å². The molecule has 2 amide bonds. The molecule has 0 atom stereocenters. The Bertz CT molecular complexity index is 1440. The minimum atomic E-state index is -4.08. The summed E-state index contributed by atoms with van der Waals surface area (Å²) in [6, 6.07) is 8.99. The van der Waals surface area contributed by atoms with Gasteiger partial charge in [-0.2, -0.15) is 0 Å². The van der Waals surface area contributed by atoms with E-state index >= 15 is 0 Å². The molecule has 0 unspecified atom stereocenters. The molecule has 0 aliphatic heterocycles. The van der Waals surface area contributed by atoms with Crippen LogP contribution in [0.25, 0.3) is 6.20 Å². The first-order valence-electron chi connectivity index (χ1n) is 11.5. The highest BCUT2D eigenvalue weighted by atomic mass is 32.2. The number of carbonyl (C=O) groups is 2. The number of carbonyl (C=O) groups excluding carboxylic acids is 2. The van der Waals surface area contributed by atoms with E-state index in [2.05, 4.69) is 22.0 Å². The van der Waals surface area contributed by atoms with E-state index in [4.69, 9.17) is 0 Å². The van der Waals surface area contributed by atoms with Crippen molar-refractivity contribution in [3.63, 3.8) is 0 Å². The molecule has 3 aromatic rings. The van der Waals surface area contributed by atoms with Crippen LogP contribution in [-0.4, -0.2) is 54.5 Å². The van der Waals surface area contributed by atoms with Gasteiger partial charge in [-0.15, -0.1) is 0 Å². The molecule has 0 radical (unpaired) electrons. The van der Waals surface area contributed by atoms with Gasteiger partial charge in [-0.25, -0.2) is 22.8 Å². The number of aliphatic imine (C=N–C) groups is 1. The summed E-state index contributed by atoms with van der Waals surface area (Å²) in [5, 5.41) is 2.76. The Morgan fingerprint density at radius 3 is 2.43 bits per heavy atom. The average Bonchev–Trinajstić information content (AvgIpc) is 3.34. The number of amides is 2. The molecule has 0 saturated carbocycles. The zero-order chi connectivity index (χ0) is 27.2. The molecule has 1 aromatic heterocycles. The minimum Gasteiger partial charge on any atom is -0.348 e. The molecule has 0 aliphatic rings. The number of imidazole rings is 1. The van der Waals surface area contributed by atoms with E-state index in [0.717, 1.165) is 12.1 Å². The third kappa shape index (κ3) is 6.36. The number of aromatic nitrogens is 2. The fourth-order valence-electron chi connectivity index (χ4n) is 3.57. The Labute approximate surface area is 215 Å². The van der Waals surface area contributed by atoms with Gasteiger partial charge in [-0.05, 0) is 63.4 Å². The summed E-state index contributed by atoms with van der Waals surface area (Å²) < 4.78 is 42.1. The number of hydrogen-bond acceptors (Lipinski definition) is 6. The van der Waals surface area contributed by atoms with Crippen LogP contribution in [0.1, 0.15) is 36.7 Å². The van der Waals surface area contributed by atoms with Crippen molar-refractivity contribution in [3.05, 3.63) is 77.4 Å². The first-order valence-corrected chi connectivity index (χ1v) is 13.0. The second kappa shape index (κ2) is 11.7. The Kier molecular flexibility index (Phi) is 8.72. The standard InChI is InChI=1S/C26H28FN5O4S/c1-5-31(6-2)25(34)20-13-21(27)15-23(14-20)37(35,36)22-9-7-19(8-10-22)16-30-24(33)18(3)17-32-12-11-29-26(32)28-4/h7-15,17H,4-6,16H2,1-3H3,(H,30,33)/b18-17+. The third-order valence-electron chi connectivity index (χ3n) is 5.65. The zero-order valence-electron chi connectivity index (χ0n) is 20.8. The first-order chi connectivity index (χ1) is 17.6. The lowest BCUT2D eigenvalue weighted by molar-refractivity contribution is -0.117. The van der Waals surface area contributed by atoms with Gasteiger partial charge in [-0.1, -0.05) is 12.1 Å². The van der Waals surface area contributed by atoms with Crippen molar-refractivity contribution < 1.29 is 22.4 Å². The number of benzene rings is 2. The lowest BCUT2D eigenvalue weighted by Gasteiger charge is -2.19. The third-order valence-corrected chi connectivity index (χ3v) is 7.40. The monoisotopic (exact) mass is 525 g/mol. The molecule has 1 heterocycles. The van der Waals surface area contributed by atoms with Gasteiger partial charge in [0, 0.05) is 49.4 Å². The molecule has 0 spiro atoms. The van der Waals surface area contributed by atoms with Crippen LogP contribution < -0.4 is 5.32 Å². The predicted octanol–water partition coefficient (Wildman–Crippen LogP) is 3.85. The summed E-state index contributed by atoms with van der Waals surface area (Å²) >= 11 is 0. The number of nitrogens with zero attached hydrogens (tertiary/aromatic N) is 4. The second-order valence-electron chi connectivity index (χ2n) is 8.09. The van der Waals surface area contributed by atoms with Crippen LogP contribution in [0, 0.1) is 5.82 Å². The maximum Gasteiger partial charge on any atom is 0.253 e. The summed E-state index contributed by atoms with van der Waals surface area (Å²) in [5.74, 6) is -1.23. The van der Waals surface area contributed by atoms with Gasteiger partial charge in [-0.3, -0.25) is 14.2 Å². The molecule has 0 bridgehead atoms. The Hall–Kier alpha value is -4.12. The quantitative estimate of drug-likeness (QED) is 0.319. The maximum absolute atomic E-state index is 14.3. The van der Waals surface area contributed by atoms with Crippen molar-refractivity contribution in [1.29, 1.82) is 0 Å². The molecule has 0 fully saturated rings. The van der Waals surface area contributed by atoms with Gasteiger partial charge in [0.05, 0.1) is 9.79 Å². The Morgan fingerprint density at radius 2 is 1.81 bits per heavy atom. The van der Waals surface area contributed by atoms with Crippen molar-refractivity contribution in [1.82, 2.24) is 19.8 Å². The molecular formula is C26H28FN5O4S. The molecule has 1 N–H and O–H groups in total. The highest BCUT2D eigenvalue weighted by Gasteiger charge is 2.22. The normalized spacial score (nSPS) is 11.7. The predicted molar refractivity (Wildman–Crippen MR) is 139 cm³/mol. The van der Waals surface area contributed by atoms with Crippen LogP contribution in [0.5, 0.6) is 0 Å². The molecule has 0 saturated heterocycles. The van der Waals surface area contributed by atoms with Gasteiger partial charge < -0.3 is 10.2 Å². The topological polar surface area (TPSA) is 114 Å². The number of nitrogens with one attached hydrogen (secondary N) is 1. The van der Waals surface area contributed by atoms with Crippen LogP contribution in [0.4, 0.5) is 10.3 Å². The van der Waals surface area contributed by atoms with E-state index in [1.807, 2.05) is 0 Å². The van der Waals surface area contributed by atoms with Gasteiger partial charge in [0.15, 0.2) is 0 Å². The molecule has 0 aliphatic carbocycles. The fraction of sp³-hybridized carbons (Fsp3) is 0.231. The minimum absolute atomic E-state index is 0.0308. The second-order valence-corrected chi connectivity index (χ2v) is 10.0. The van der Waals surface area contributed by atoms with E-state index in [1.165, 1.54) is 29.3 Å². The molecule has 11 heteroatoms. The van der Waals surface area contributed by atoms with Gasteiger partial charge in [0.25, 0.3) is 5.91 Å². The summed E-state index contributed by atoms with van der Waals surface area (Å²) in [6.07, 6.45) is 4.75. The summed E-state index contributed by atoms with van der Waals surface area (Å²) in [6.45, 7) is 9.62. The SMILES string of the molecule is C=Nc1nccn1/C=C(\C)C(=O)NCc1ccc(S(=O)(=O)c2cc(F)cc(C(=O)N(CC)CC)c2)cc1. The highest BCUT2D eigenvalue weighted by molar-refractivity contribution is 7.91. The van der Waals surface area contributed by atoms with E-state index in [-0.39, 0.29) is 27.8 Å². The van der Waals surface area contributed by atoms with E-state index in [0.29, 0.717) is 30.2 Å². The number of hydrogen-bond donors (Lipinski definition) is 1.